The first kappa shape index (κ1) is 4.28. The Kier molecular flexibility index (Phi) is 0.481. The first-order chi connectivity index (χ1) is 4.38. The molecule has 0 aromatic rings. The number of hydrogen-bond acceptors (Lipinski definition) is 3. The van der Waals surface area contributed by atoms with Crippen LogP contribution in [-0.4, -0.2) is 24.8 Å². The number of carbonyl (C=O) groups excluding carboxylic acids is 1. The van der Waals surface area contributed by atoms with Crippen LogP contribution in [0.5, 0.6) is 0 Å². The molecule has 0 bridgehead atoms. The number of hydrogen-bond donors (Lipinski definition) is 0. The number of rotatable bonds is 0. The highest BCUT2D eigenvalue weighted by Crippen LogP contribution is 2.55. The lowest BCUT2D eigenvalue weighted by molar-refractivity contribution is -0.141. The molecule has 4 atom stereocenters. The summed E-state index contributed by atoms with van der Waals surface area (Å²) in [4.78, 5) is 10.8. The predicted molar refractivity (Wildman–Crippen MR) is 26.6 cm³/mol. The number of epoxide rings is 1. The Balaban J connectivity index is 1.97. The largest absolute Gasteiger partial charge is 0.465 e. The standard InChI is InChI=1S/C6H6O3/c7-6-3-2(1-8-6)4-5(3)9-4/h2-5H,1H2/t2-,3+,4+,5-/m1/s1. The van der Waals surface area contributed by atoms with Crippen LogP contribution in [0.2, 0.25) is 0 Å². The summed E-state index contributed by atoms with van der Waals surface area (Å²) in [6.07, 6.45) is 0.645. The second-order valence-corrected chi connectivity index (χ2v) is 2.88. The Bertz CT molecular complexity index is 189. The van der Waals surface area contributed by atoms with E-state index in [9.17, 15) is 4.79 Å². The molecule has 0 radical (unpaired) electrons. The quantitative estimate of drug-likeness (QED) is 0.326. The first-order valence-electron chi connectivity index (χ1n) is 3.20. The molecule has 9 heavy (non-hydrogen) atoms. The molecule has 2 aliphatic heterocycles. The fourth-order valence-corrected chi connectivity index (χ4v) is 1.85. The number of esters is 1. The lowest BCUT2D eigenvalue weighted by Gasteiger charge is -2.17. The highest BCUT2D eigenvalue weighted by molar-refractivity contribution is 5.78. The Labute approximate surface area is 51.9 Å². The molecular weight excluding hydrogens is 120 g/mol. The van der Waals surface area contributed by atoms with Crippen molar-refractivity contribution in [3.63, 3.8) is 0 Å². The molecule has 0 spiro atoms. The third-order valence-electron chi connectivity index (χ3n) is 2.49. The zero-order valence-electron chi connectivity index (χ0n) is 4.74. The van der Waals surface area contributed by atoms with Crippen molar-refractivity contribution in [1.29, 1.82) is 0 Å². The molecule has 3 fully saturated rings. The van der Waals surface area contributed by atoms with Gasteiger partial charge in [-0.3, -0.25) is 4.79 Å². The van der Waals surface area contributed by atoms with Crippen molar-refractivity contribution in [3.8, 4) is 0 Å². The van der Waals surface area contributed by atoms with Crippen LogP contribution < -0.4 is 0 Å². The summed E-state index contributed by atoms with van der Waals surface area (Å²) >= 11 is 0. The van der Waals surface area contributed by atoms with E-state index < -0.39 is 0 Å². The third-order valence-corrected chi connectivity index (χ3v) is 2.49. The minimum atomic E-state index is -0.0428. The lowest BCUT2D eigenvalue weighted by atomic mass is 9.76. The van der Waals surface area contributed by atoms with E-state index >= 15 is 0 Å². The minimum Gasteiger partial charge on any atom is -0.465 e. The van der Waals surface area contributed by atoms with Gasteiger partial charge in [0, 0.05) is 5.92 Å². The van der Waals surface area contributed by atoms with E-state index in [1.165, 1.54) is 0 Å². The molecule has 0 aromatic heterocycles. The SMILES string of the molecule is O=C1OC[C@H]2[C@@H]3O[C@@H]3[C@@H]12. The van der Waals surface area contributed by atoms with Gasteiger partial charge in [-0.25, -0.2) is 0 Å². The Hall–Kier alpha value is -0.570. The van der Waals surface area contributed by atoms with Crippen LogP contribution in [0, 0.1) is 11.8 Å². The summed E-state index contributed by atoms with van der Waals surface area (Å²) in [6, 6.07) is 0. The van der Waals surface area contributed by atoms with E-state index in [1.807, 2.05) is 0 Å². The zero-order chi connectivity index (χ0) is 6.01. The molecule has 0 amide bonds. The number of ether oxygens (including phenoxy) is 2. The van der Waals surface area contributed by atoms with Crippen LogP contribution in [-0.2, 0) is 14.3 Å². The van der Waals surface area contributed by atoms with Crippen LogP contribution in [0.4, 0.5) is 0 Å². The Morgan fingerprint density at radius 2 is 2.33 bits per heavy atom. The van der Waals surface area contributed by atoms with Gasteiger partial charge in [0.15, 0.2) is 0 Å². The second-order valence-electron chi connectivity index (χ2n) is 2.88. The van der Waals surface area contributed by atoms with E-state index in [0.717, 1.165) is 0 Å². The van der Waals surface area contributed by atoms with Crippen LogP contribution in [0.25, 0.3) is 0 Å². The fraction of sp³-hybridized carbons (Fsp3) is 0.833. The molecule has 3 nitrogen and oxygen atoms in total. The van der Waals surface area contributed by atoms with Crippen molar-refractivity contribution in [3.05, 3.63) is 0 Å². The van der Waals surface area contributed by atoms with Crippen LogP contribution in [0.15, 0.2) is 0 Å². The van der Waals surface area contributed by atoms with E-state index in [1.54, 1.807) is 0 Å². The van der Waals surface area contributed by atoms with Crippen LogP contribution in [0.1, 0.15) is 0 Å². The molecular formula is C6H6O3. The van der Waals surface area contributed by atoms with Crippen LogP contribution >= 0.6 is 0 Å². The summed E-state index contributed by atoms with van der Waals surface area (Å²) in [5.74, 6) is 0.497. The molecule has 48 valence electrons. The van der Waals surface area contributed by atoms with E-state index in [-0.39, 0.29) is 18.0 Å². The van der Waals surface area contributed by atoms with Gasteiger partial charge in [-0.2, -0.15) is 0 Å². The molecule has 3 aliphatic rings. The maximum atomic E-state index is 10.8. The van der Waals surface area contributed by atoms with Gasteiger partial charge in [-0.1, -0.05) is 0 Å². The molecule has 2 saturated heterocycles. The van der Waals surface area contributed by atoms with Crippen molar-refractivity contribution in [2.45, 2.75) is 12.2 Å². The summed E-state index contributed by atoms with van der Waals surface area (Å²) < 4.78 is 9.99. The normalized spacial score (nSPS) is 59.3. The molecule has 0 unspecified atom stereocenters. The van der Waals surface area contributed by atoms with Crippen molar-refractivity contribution in [1.82, 2.24) is 0 Å². The topological polar surface area (TPSA) is 38.8 Å². The first-order valence-corrected chi connectivity index (χ1v) is 3.20. The molecule has 3 heteroatoms. The number of cyclic esters (lactones) is 1. The highest BCUT2D eigenvalue weighted by atomic mass is 16.6. The van der Waals surface area contributed by atoms with E-state index in [4.69, 9.17) is 9.47 Å². The van der Waals surface area contributed by atoms with Gasteiger partial charge in [0.25, 0.3) is 0 Å². The van der Waals surface area contributed by atoms with Gasteiger partial charge in [0.1, 0.15) is 0 Å². The zero-order valence-corrected chi connectivity index (χ0v) is 4.74. The molecule has 0 aromatic carbocycles. The fourth-order valence-electron chi connectivity index (χ4n) is 1.85. The average molecular weight is 126 g/mol. The molecule has 3 rings (SSSR count). The van der Waals surface area contributed by atoms with Crippen molar-refractivity contribution < 1.29 is 14.3 Å². The monoisotopic (exact) mass is 126 g/mol. The van der Waals surface area contributed by atoms with E-state index in [2.05, 4.69) is 0 Å². The molecule has 1 saturated carbocycles. The summed E-state index contributed by atoms with van der Waals surface area (Å²) in [7, 11) is 0. The van der Waals surface area contributed by atoms with Gasteiger partial charge < -0.3 is 9.47 Å². The van der Waals surface area contributed by atoms with Gasteiger partial charge >= 0.3 is 5.97 Å². The Morgan fingerprint density at radius 3 is 3.11 bits per heavy atom. The second kappa shape index (κ2) is 1.01. The summed E-state index contributed by atoms with van der Waals surface area (Å²) in [5.41, 5.74) is 0. The molecule has 2 heterocycles. The van der Waals surface area contributed by atoms with Crippen molar-refractivity contribution in [2.75, 3.05) is 6.61 Å². The van der Waals surface area contributed by atoms with Crippen molar-refractivity contribution >= 4 is 5.97 Å². The molecule has 0 N–H and O–H groups in total. The smallest absolute Gasteiger partial charge is 0.312 e. The third kappa shape index (κ3) is 0.314. The lowest BCUT2D eigenvalue weighted by Crippen LogP contribution is -2.36. The number of carbonyl (C=O) groups is 1. The van der Waals surface area contributed by atoms with Crippen molar-refractivity contribution in [2.24, 2.45) is 11.8 Å². The highest BCUT2D eigenvalue weighted by Gasteiger charge is 2.70. The summed E-state index contributed by atoms with van der Waals surface area (Å²) in [6.45, 7) is 0.602. The minimum absolute atomic E-state index is 0.0428. The average Bonchev–Trinajstić information content (AvgIpc) is 2.38. The van der Waals surface area contributed by atoms with Gasteiger partial charge in [-0.15, -0.1) is 0 Å². The van der Waals surface area contributed by atoms with Crippen LogP contribution in [0.3, 0.4) is 0 Å². The van der Waals surface area contributed by atoms with E-state index in [0.29, 0.717) is 18.6 Å². The van der Waals surface area contributed by atoms with Gasteiger partial charge in [-0.05, 0) is 0 Å². The number of fused-ring (bicyclic) bond motifs is 4. The maximum Gasteiger partial charge on any atom is 0.312 e. The van der Waals surface area contributed by atoms with Gasteiger partial charge in [0.2, 0.25) is 0 Å². The maximum absolute atomic E-state index is 10.8. The predicted octanol–water partition coefficient (Wildman–Crippen LogP) is -0.443. The van der Waals surface area contributed by atoms with Gasteiger partial charge in [0.05, 0.1) is 24.7 Å². The Morgan fingerprint density at radius 1 is 1.44 bits per heavy atom. The summed E-state index contributed by atoms with van der Waals surface area (Å²) in [5, 5.41) is 0. The molecule has 1 aliphatic carbocycles.